The van der Waals surface area contributed by atoms with E-state index in [1.807, 2.05) is 85.8 Å². The number of carboxylic acids is 1. The Kier molecular flexibility index (Phi) is 5.92. The first kappa shape index (κ1) is 18.7. The number of ether oxygens (including phenoxy) is 1. The molecule has 0 heterocycles. The Morgan fingerprint density at radius 3 is 2.22 bits per heavy atom. The minimum absolute atomic E-state index is 0.283. The number of carboxylic acid groups (broad SMARTS) is 1. The van der Waals surface area contributed by atoms with E-state index in [0.717, 1.165) is 28.0 Å². The second-order valence-electron chi connectivity index (χ2n) is 6.83. The Morgan fingerprint density at radius 2 is 1.59 bits per heavy atom. The lowest BCUT2D eigenvalue weighted by Crippen LogP contribution is -2.21. The smallest absolute Gasteiger partial charge is 0.307 e. The molecule has 2 unspecified atom stereocenters. The number of carbonyl (C=O) groups is 1. The van der Waals surface area contributed by atoms with Gasteiger partial charge in [0.15, 0.2) is 0 Å². The number of benzene rings is 3. The van der Waals surface area contributed by atoms with E-state index >= 15 is 0 Å². The summed E-state index contributed by atoms with van der Waals surface area (Å²) in [5.74, 6) is -0.951. The highest BCUT2D eigenvalue weighted by Crippen LogP contribution is 2.38. The molecule has 3 rings (SSSR count). The van der Waals surface area contributed by atoms with Crippen LogP contribution < -0.4 is 4.74 Å². The van der Waals surface area contributed by atoms with Gasteiger partial charge in [-0.3, -0.25) is 4.79 Å². The van der Waals surface area contributed by atoms with Gasteiger partial charge in [-0.25, -0.2) is 0 Å². The van der Waals surface area contributed by atoms with Crippen molar-refractivity contribution >= 4 is 5.97 Å². The minimum Gasteiger partial charge on any atom is -0.489 e. The van der Waals surface area contributed by atoms with Gasteiger partial charge < -0.3 is 9.84 Å². The zero-order valence-corrected chi connectivity index (χ0v) is 15.6. The third-order valence-electron chi connectivity index (χ3n) is 4.79. The third kappa shape index (κ3) is 4.56. The molecule has 3 nitrogen and oxygen atoms in total. The van der Waals surface area contributed by atoms with Gasteiger partial charge in [-0.15, -0.1) is 0 Å². The molecule has 0 saturated carbocycles. The monoisotopic (exact) mass is 360 g/mol. The van der Waals surface area contributed by atoms with Crippen molar-refractivity contribution < 1.29 is 14.6 Å². The van der Waals surface area contributed by atoms with Gasteiger partial charge in [0, 0.05) is 11.5 Å². The molecule has 1 N–H and O–H groups in total. The summed E-state index contributed by atoms with van der Waals surface area (Å²) in [7, 11) is 0. The maximum Gasteiger partial charge on any atom is 0.307 e. The van der Waals surface area contributed by atoms with Crippen LogP contribution in [0.2, 0.25) is 0 Å². The molecule has 0 aliphatic carbocycles. The molecule has 0 fully saturated rings. The molecule has 0 amide bonds. The van der Waals surface area contributed by atoms with Crippen molar-refractivity contribution in [1.82, 2.24) is 0 Å². The van der Waals surface area contributed by atoms with Crippen LogP contribution in [0.4, 0.5) is 0 Å². The summed E-state index contributed by atoms with van der Waals surface area (Å²) < 4.78 is 6.12. The van der Waals surface area contributed by atoms with Gasteiger partial charge in [0.1, 0.15) is 12.4 Å². The molecule has 0 spiro atoms. The molecular formula is C24H24O3. The molecule has 3 heteroatoms. The van der Waals surface area contributed by atoms with E-state index in [0.29, 0.717) is 6.61 Å². The average Bonchev–Trinajstić information content (AvgIpc) is 2.69. The maximum absolute atomic E-state index is 11.8. The highest BCUT2D eigenvalue weighted by atomic mass is 16.5. The second kappa shape index (κ2) is 8.54. The minimum atomic E-state index is -0.820. The van der Waals surface area contributed by atoms with E-state index in [2.05, 4.69) is 0 Å². The first-order valence-electron chi connectivity index (χ1n) is 9.11. The zero-order valence-electron chi connectivity index (χ0n) is 15.6. The van der Waals surface area contributed by atoms with Crippen LogP contribution in [0.25, 0.3) is 0 Å². The number of hydrogen-bond donors (Lipinski definition) is 1. The molecule has 27 heavy (non-hydrogen) atoms. The van der Waals surface area contributed by atoms with E-state index in [1.165, 1.54) is 0 Å². The Morgan fingerprint density at radius 1 is 0.963 bits per heavy atom. The summed E-state index contributed by atoms with van der Waals surface area (Å²) in [6.07, 6.45) is 0. The lowest BCUT2D eigenvalue weighted by Gasteiger charge is -2.25. The van der Waals surface area contributed by atoms with Crippen molar-refractivity contribution in [1.29, 1.82) is 0 Å². The Balaban J connectivity index is 2.00. The number of rotatable bonds is 7. The van der Waals surface area contributed by atoms with Crippen molar-refractivity contribution in [2.75, 3.05) is 0 Å². The zero-order chi connectivity index (χ0) is 19.2. The quantitative estimate of drug-likeness (QED) is 0.611. The molecule has 3 aromatic carbocycles. The van der Waals surface area contributed by atoms with E-state index in [9.17, 15) is 9.90 Å². The molecule has 0 aromatic heterocycles. The molecule has 138 valence electrons. The van der Waals surface area contributed by atoms with E-state index in [-0.39, 0.29) is 5.92 Å². The van der Waals surface area contributed by atoms with Gasteiger partial charge in [-0.05, 0) is 24.1 Å². The first-order valence-corrected chi connectivity index (χ1v) is 9.11. The van der Waals surface area contributed by atoms with Gasteiger partial charge in [-0.2, -0.15) is 0 Å². The Labute approximate surface area is 160 Å². The van der Waals surface area contributed by atoms with Crippen LogP contribution in [0, 0.1) is 12.8 Å². The van der Waals surface area contributed by atoms with Crippen LogP contribution in [0.1, 0.15) is 35.1 Å². The van der Waals surface area contributed by atoms with Gasteiger partial charge in [0.25, 0.3) is 0 Å². The molecule has 0 radical (unpaired) electrons. The summed E-state index contributed by atoms with van der Waals surface area (Å²) in [5.41, 5.74) is 4.04. The molecule has 0 aliphatic rings. The van der Waals surface area contributed by atoms with Crippen LogP contribution in [-0.2, 0) is 11.4 Å². The molecule has 0 saturated heterocycles. The summed E-state index contributed by atoms with van der Waals surface area (Å²) >= 11 is 0. The van der Waals surface area contributed by atoms with E-state index in [4.69, 9.17) is 4.74 Å². The van der Waals surface area contributed by atoms with Crippen LogP contribution >= 0.6 is 0 Å². The topological polar surface area (TPSA) is 46.5 Å². The molecule has 3 aromatic rings. The molecular weight excluding hydrogens is 336 g/mol. The van der Waals surface area contributed by atoms with Crippen LogP contribution in [-0.4, -0.2) is 11.1 Å². The van der Waals surface area contributed by atoms with Gasteiger partial charge in [0.2, 0.25) is 0 Å². The molecule has 0 bridgehead atoms. The van der Waals surface area contributed by atoms with E-state index < -0.39 is 11.9 Å². The third-order valence-corrected chi connectivity index (χ3v) is 4.79. The Hall–Kier alpha value is -3.07. The van der Waals surface area contributed by atoms with Crippen molar-refractivity contribution in [3.8, 4) is 5.75 Å². The fourth-order valence-electron chi connectivity index (χ4n) is 3.32. The molecule has 0 aliphatic heterocycles. The highest BCUT2D eigenvalue weighted by molar-refractivity contribution is 5.72. The van der Waals surface area contributed by atoms with Crippen LogP contribution in [0.5, 0.6) is 5.75 Å². The fraction of sp³-hybridized carbons (Fsp3) is 0.208. The fourth-order valence-corrected chi connectivity index (χ4v) is 3.32. The number of aryl methyl sites for hydroxylation is 1. The lowest BCUT2D eigenvalue weighted by atomic mass is 9.80. The van der Waals surface area contributed by atoms with Gasteiger partial charge >= 0.3 is 5.97 Å². The standard InChI is InChI=1S/C24H24O3/c1-17-13-14-22(27-16-19-9-5-3-6-10-19)21(15-17)23(18(2)24(25)26)20-11-7-4-8-12-20/h3-15,18,23H,16H2,1-2H3,(H,25,26). The largest absolute Gasteiger partial charge is 0.489 e. The summed E-state index contributed by atoms with van der Waals surface area (Å²) in [4.78, 5) is 11.8. The summed E-state index contributed by atoms with van der Waals surface area (Å²) in [6, 6.07) is 25.7. The summed E-state index contributed by atoms with van der Waals surface area (Å²) in [5, 5.41) is 9.70. The number of hydrogen-bond acceptors (Lipinski definition) is 2. The van der Waals surface area contributed by atoms with Crippen molar-refractivity contribution in [3.63, 3.8) is 0 Å². The van der Waals surface area contributed by atoms with Crippen molar-refractivity contribution in [3.05, 3.63) is 101 Å². The first-order chi connectivity index (χ1) is 13.1. The summed E-state index contributed by atoms with van der Waals surface area (Å²) in [6.45, 7) is 4.21. The van der Waals surface area contributed by atoms with Gasteiger partial charge in [0.05, 0.1) is 5.92 Å². The molecule has 2 atom stereocenters. The Bertz CT molecular complexity index is 888. The maximum atomic E-state index is 11.8. The van der Waals surface area contributed by atoms with Crippen LogP contribution in [0.15, 0.2) is 78.9 Å². The van der Waals surface area contributed by atoms with Crippen molar-refractivity contribution in [2.45, 2.75) is 26.4 Å². The SMILES string of the molecule is Cc1ccc(OCc2ccccc2)c(C(c2ccccc2)C(C)C(=O)O)c1. The lowest BCUT2D eigenvalue weighted by molar-refractivity contribution is -0.141. The predicted octanol–water partition coefficient (Wildman–Crippen LogP) is 5.43. The van der Waals surface area contributed by atoms with Crippen LogP contribution in [0.3, 0.4) is 0 Å². The highest BCUT2D eigenvalue weighted by Gasteiger charge is 2.29. The number of aliphatic carboxylic acids is 1. The second-order valence-corrected chi connectivity index (χ2v) is 6.83. The predicted molar refractivity (Wildman–Crippen MR) is 107 cm³/mol. The normalized spacial score (nSPS) is 13.0. The van der Waals surface area contributed by atoms with E-state index in [1.54, 1.807) is 6.92 Å². The van der Waals surface area contributed by atoms with Gasteiger partial charge in [-0.1, -0.05) is 85.3 Å². The average molecular weight is 360 g/mol. The van der Waals surface area contributed by atoms with Crippen molar-refractivity contribution in [2.24, 2.45) is 5.92 Å².